The van der Waals surface area contributed by atoms with Crippen molar-refractivity contribution in [3.05, 3.63) is 0 Å². The Morgan fingerprint density at radius 2 is 0.980 bits per heavy atom. The highest BCUT2D eigenvalue weighted by molar-refractivity contribution is 7.99. The van der Waals surface area contributed by atoms with Crippen molar-refractivity contribution in [3.63, 3.8) is 0 Å². The fourth-order valence-corrected chi connectivity index (χ4v) is 6.04. The number of carboxylic acid groups (broad SMARTS) is 1. The molecule has 21 heteroatoms. The standard InChI is InChI=1S/C29H41NO19S/c1-11(31)40-8-19-21(42-13(3)33)23(43-14(4)34)25(45-16(6)36)28(47-19)49-22-20(9-41-12(2)32)48-29(50-10-18(30)27(38)39)26(46-17(7)37)24(22)44-15(5)35/h18-26,28-29H,8-10,30H2,1-7H3,(H,38,39)/t18-,19+,20+,21+,22+,23-,24-,25+,26+,28-,29-/m0/s1. The molecule has 282 valence electrons. The number of thioether (sulfide) groups is 1. The van der Waals surface area contributed by atoms with E-state index in [0.29, 0.717) is 0 Å². The molecule has 50 heavy (non-hydrogen) atoms. The van der Waals surface area contributed by atoms with Crippen molar-refractivity contribution in [1.29, 1.82) is 0 Å². The Kier molecular flexibility index (Phi) is 16.3. The van der Waals surface area contributed by atoms with E-state index in [1.54, 1.807) is 0 Å². The van der Waals surface area contributed by atoms with Gasteiger partial charge in [-0.2, -0.15) is 0 Å². The van der Waals surface area contributed by atoms with Crippen LogP contribution in [0, 0.1) is 0 Å². The molecule has 11 atom stereocenters. The van der Waals surface area contributed by atoms with Gasteiger partial charge < -0.3 is 58.2 Å². The Hall–Kier alpha value is -4.05. The number of aliphatic carboxylic acids is 1. The van der Waals surface area contributed by atoms with Crippen LogP contribution >= 0.6 is 11.8 Å². The largest absolute Gasteiger partial charge is 0.480 e. The predicted molar refractivity (Wildman–Crippen MR) is 161 cm³/mol. The van der Waals surface area contributed by atoms with Crippen LogP contribution in [0.15, 0.2) is 0 Å². The molecule has 20 nitrogen and oxygen atoms in total. The van der Waals surface area contributed by atoms with Crippen LogP contribution in [0.1, 0.15) is 48.5 Å². The lowest BCUT2D eigenvalue weighted by Gasteiger charge is -2.48. The van der Waals surface area contributed by atoms with Crippen LogP contribution in [0.25, 0.3) is 0 Å². The second-order valence-electron chi connectivity index (χ2n) is 10.9. The molecule has 2 aliphatic rings. The summed E-state index contributed by atoms with van der Waals surface area (Å²) in [5, 5.41) is 9.29. The molecule has 0 aromatic carbocycles. The molecule has 0 aliphatic carbocycles. The molecule has 2 heterocycles. The summed E-state index contributed by atoms with van der Waals surface area (Å²) in [6.45, 7) is 6.10. The second kappa shape index (κ2) is 19.4. The molecule has 0 bridgehead atoms. The van der Waals surface area contributed by atoms with E-state index in [9.17, 15) is 43.5 Å². The van der Waals surface area contributed by atoms with Crippen molar-refractivity contribution in [2.45, 2.75) is 115 Å². The van der Waals surface area contributed by atoms with E-state index < -0.39 is 128 Å². The molecule has 3 N–H and O–H groups in total. The molecule has 0 radical (unpaired) electrons. The average molecular weight is 740 g/mol. The molecule has 2 rings (SSSR count). The zero-order valence-corrected chi connectivity index (χ0v) is 29.1. The Bertz CT molecular complexity index is 1280. The maximum atomic E-state index is 12.4. The Balaban J connectivity index is 2.73. The second-order valence-corrected chi connectivity index (χ2v) is 12.1. The van der Waals surface area contributed by atoms with E-state index in [4.69, 9.17) is 53.1 Å². The SMILES string of the molecule is CC(=O)OC[C@H]1O[C@@H](SC[C@H](N)C(=O)O)[C@H](OC(C)=O)[C@@H](OC(C)=O)[C@@H]1O[C@@H]1O[C@H](COC(C)=O)[C@@H](OC(C)=O)[C@H](OC(C)=O)[C@H]1OC(C)=O. The lowest BCUT2D eigenvalue weighted by Crippen LogP contribution is -2.66. The number of carboxylic acids is 1. The van der Waals surface area contributed by atoms with Crippen LogP contribution in [-0.2, 0) is 85.7 Å². The lowest BCUT2D eigenvalue weighted by atomic mass is 9.96. The molecule has 0 aromatic rings. The summed E-state index contributed by atoms with van der Waals surface area (Å²) in [6, 6.07) is -1.40. The molecule has 0 spiro atoms. The van der Waals surface area contributed by atoms with Crippen molar-refractivity contribution in [3.8, 4) is 0 Å². The third kappa shape index (κ3) is 13.0. The van der Waals surface area contributed by atoms with E-state index >= 15 is 0 Å². The topological polar surface area (TPSA) is 275 Å². The number of carbonyl (C=O) groups excluding carboxylic acids is 7. The van der Waals surface area contributed by atoms with E-state index in [2.05, 4.69) is 0 Å². The summed E-state index contributed by atoms with van der Waals surface area (Å²) in [6.07, 6.45) is -14.3. The van der Waals surface area contributed by atoms with Gasteiger partial charge >= 0.3 is 47.8 Å². The number of rotatable bonds is 15. The van der Waals surface area contributed by atoms with Gasteiger partial charge in [0.2, 0.25) is 0 Å². The van der Waals surface area contributed by atoms with Crippen molar-refractivity contribution in [1.82, 2.24) is 0 Å². The molecular weight excluding hydrogens is 698 g/mol. The van der Waals surface area contributed by atoms with Gasteiger partial charge in [0.25, 0.3) is 0 Å². The first-order valence-electron chi connectivity index (χ1n) is 15.0. The first-order chi connectivity index (χ1) is 23.3. The van der Waals surface area contributed by atoms with Gasteiger partial charge in [-0.25, -0.2) is 0 Å². The van der Waals surface area contributed by atoms with E-state index in [1.165, 1.54) is 0 Å². The Morgan fingerprint density at radius 3 is 1.42 bits per heavy atom. The lowest BCUT2D eigenvalue weighted by molar-refractivity contribution is -0.341. The highest BCUT2D eigenvalue weighted by atomic mass is 32.2. The summed E-state index contributed by atoms with van der Waals surface area (Å²) < 4.78 is 55.8. The maximum absolute atomic E-state index is 12.4. The smallest absolute Gasteiger partial charge is 0.321 e. The maximum Gasteiger partial charge on any atom is 0.321 e. The van der Waals surface area contributed by atoms with Gasteiger partial charge in [-0.05, 0) is 0 Å². The van der Waals surface area contributed by atoms with Crippen molar-refractivity contribution in [2.24, 2.45) is 5.73 Å². The normalized spacial score (nSPS) is 29.7. The molecule has 0 saturated carbocycles. The van der Waals surface area contributed by atoms with Crippen molar-refractivity contribution in [2.75, 3.05) is 19.0 Å². The number of esters is 7. The van der Waals surface area contributed by atoms with Crippen LogP contribution in [0.3, 0.4) is 0 Å². The van der Waals surface area contributed by atoms with E-state index in [0.717, 1.165) is 60.2 Å². The van der Waals surface area contributed by atoms with Gasteiger partial charge in [0.05, 0.1) is 0 Å². The van der Waals surface area contributed by atoms with E-state index in [1.807, 2.05) is 0 Å². The Labute approximate surface area is 290 Å². The zero-order valence-electron chi connectivity index (χ0n) is 28.3. The fraction of sp³-hybridized carbons (Fsp3) is 0.724. The minimum absolute atomic E-state index is 0.282. The third-order valence-electron chi connectivity index (χ3n) is 6.64. The Morgan fingerprint density at radius 1 is 0.580 bits per heavy atom. The quantitative estimate of drug-likeness (QED) is 0.147. The average Bonchev–Trinajstić information content (AvgIpc) is 2.97. The monoisotopic (exact) mass is 739 g/mol. The number of hydrogen-bond donors (Lipinski definition) is 2. The summed E-state index contributed by atoms with van der Waals surface area (Å²) in [7, 11) is 0. The van der Waals surface area contributed by atoms with Crippen molar-refractivity contribution >= 4 is 59.5 Å². The van der Waals surface area contributed by atoms with Gasteiger partial charge in [-0.1, -0.05) is 0 Å². The van der Waals surface area contributed by atoms with Crippen LogP contribution in [-0.4, -0.2) is 138 Å². The summed E-state index contributed by atoms with van der Waals surface area (Å²) in [4.78, 5) is 96.4. The highest BCUT2D eigenvalue weighted by Gasteiger charge is 2.57. The van der Waals surface area contributed by atoms with Gasteiger partial charge in [-0.15, -0.1) is 11.8 Å². The van der Waals surface area contributed by atoms with E-state index in [-0.39, 0.29) is 5.75 Å². The first kappa shape index (κ1) is 42.1. The third-order valence-corrected chi connectivity index (χ3v) is 7.90. The number of nitrogens with two attached hydrogens (primary N) is 1. The molecule has 2 saturated heterocycles. The van der Waals surface area contributed by atoms with Crippen LogP contribution in [0.2, 0.25) is 0 Å². The van der Waals surface area contributed by atoms with Gasteiger partial charge in [0.15, 0.2) is 36.8 Å². The highest BCUT2D eigenvalue weighted by Crippen LogP contribution is 2.38. The summed E-state index contributed by atoms with van der Waals surface area (Å²) in [5.41, 5.74) is 4.37. The molecular formula is C29H41NO19S. The molecule has 0 aromatic heterocycles. The number of hydrogen-bond acceptors (Lipinski definition) is 20. The van der Waals surface area contributed by atoms with Gasteiger partial charge in [0.1, 0.15) is 43.0 Å². The van der Waals surface area contributed by atoms with Crippen LogP contribution in [0.5, 0.6) is 0 Å². The predicted octanol–water partition coefficient (Wildman–Crippen LogP) is -1.25. The molecule has 2 aliphatic heterocycles. The molecule has 0 amide bonds. The number of carbonyl (C=O) groups is 8. The van der Waals surface area contributed by atoms with Crippen molar-refractivity contribution < 1.29 is 90.8 Å². The molecule has 2 fully saturated rings. The first-order valence-corrected chi connectivity index (χ1v) is 16.0. The van der Waals surface area contributed by atoms with Crippen LogP contribution in [0.4, 0.5) is 0 Å². The summed E-state index contributed by atoms with van der Waals surface area (Å²) in [5.74, 6) is -7.72. The molecule has 0 unspecified atom stereocenters. The van der Waals surface area contributed by atoms with Crippen LogP contribution < -0.4 is 5.73 Å². The minimum atomic E-state index is -1.83. The van der Waals surface area contributed by atoms with Gasteiger partial charge in [-0.3, -0.25) is 38.4 Å². The fourth-order valence-electron chi connectivity index (χ4n) is 4.88. The van der Waals surface area contributed by atoms with Gasteiger partial charge in [0, 0.05) is 54.2 Å². The summed E-state index contributed by atoms with van der Waals surface area (Å²) >= 11 is 0.785. The minimum Gasteiger partial charge on any atom is -0.480 e. The zero-order chi connectivity index (χ0) is 37.9. The number of ether oxygens (including phenoxy) is 10.